The molecule has 1 nitrogen and oxygen atoms in total. The van der Waals surface area contributed by atoms with Gasteiger partial charge in [0.25, 0.3) is 5.92 Å². The summed E-state index contributed by atoms with van der Waals surface area (Å²) in [5.41, 5.74) is 0. The van der Waals surface area contributed by atoms with Crippen LogP contribution in [0.3, 0.4) is 0 Å². The molecule has 1 rings (SSSR count). The van der Waals surface area contributed by atoms with Crippen LogP contribution in [0, 0.1) is 0 Å². The molecular weight excluding hydrogens is 148 g/mol. The van der Waals surface area contributed by atoms with Crippen molar-refractivity contribution in [1.82, 2.24) is 4.90 Å². The van der Waals surface area contributed by atoms with Crippen molar-refractivity contribution in [3.05, 3.63) is 0 Å². The van der Waals surface area contributed by atoms with Crippen LogP contribution in [0.4, 0.5) is 8.78 Å². The molecule has 1 saturated heterocycles. The maximum Gasteiger partial charge on any atom is 0.250 e. The Bertz CT molecular complexity index is 136. The van der Waals surface area contributed by atoms with Gasteiger partial charge in [0.1, 0.15) is 0 Å². The molecule has 0 unspecified atom stereocenters. The molecule has 0 radical (unpaired) electrons. The van der Waals surface area contributed by atoms with Crippen molar-refractivity contribution in [2.75, 3.05) is 13.1 Å². The van der Waals surface area contributed by atoms with Crippen molar-refractivity contribution >= 4 is 0 Å². The molecule has 0 aliphatic carbocycles. The van der Waals surface area contributed by atoms with Crippen molar-refractivity contribution in [1.29, 1.82) is 0 Å². The van der Waals surface area contributed by atoms with Gasteiger partial charge in [-0.25, -0.2) is 8.78 Å². The molecule has 0 spiro atoms. The normalized spacial score (nSPS) is 32.2. The lowest BCUT2D eigenvalue weighted by atomic mass is 10.0. The second kappa shape index (κ2) is 3.05. The van der Waals surface area contributed by atoms with E-state index < -0.39 is 5.92 Å². The SMILES string of the molecule is CCN1CCC(F)(F)C[C@@H]1C. The lowest BCUT2D eigenvalue weighted by molar-refractivity contribution is -0.0732. The van der Waals surface area contributed by atoms with Gasteiger partial charge in [-0.05, 0) is 13.5 Å². The zero-order valence-electron chi connectivity index (χ0n) is 7.11. The van der Waals surface area contributed by atoms with Gasteiger partial charge in [-0.2, -0.15) is 0 Å². The number of hydrogen-bond donors (Lipinski definition) is 0. The topological polar surface area (TPSA) is 3.24 Å². The summed E-state index contributed by atoms with van der Waals surface area (Å²) >= 11 is 0. The lowest BCUT2D eigenvalue weighted by Crippen LogP contribution is -2.45. The fourth-order valence-electron chi connectivity index (χ4n) is 1.66. The minimum atomic E-state index is -2.41. The highest BCUT2D eigenvalue weighted by Crippen LogP contribution is 2.31. The maximum absolute atomic E-state index is 12.7. The Morgan fingerprint density at radius 3 is 2.64 bits per heavy atom. The van der Waals surface area contributed by atoms with Crippen molar-refractivity contribution in [2.24, 2.45) is 0 Å². The van der Waals surface area contributed by atoms with Crippen LogP contribution in [0.2, 0.25) is 0 Å². The van der Waals surface area contributed by atoms with Crippen molar-refractivity contribution in [2.45, 2.75) is 38.7 Å². The molecule has 1 aliphatic rings. The molecule has 3 heteroatoms. The summed E-state index contributed by atoms with van der Waals surface area (Å²) in [5, 5.41) is 0. The Morgan fingerprint density at radius 2 is 2.18 bits per heavy atom. The van der Waals surface area contributed by atoms with Gasteiger partial charge in [0, 0.05) is 25.4 Å². The van der Waals surface area contributed by atoms with Gasteiger partial charge in [-0.3, -0.25) is 0 Å². The first-order valence-corrected chi connectivity index (χ1v) is 4.17. The van der Waals surface area contributed by atoms with Crippen LogP contribution in [0.15, 0.2) is 0 Å². The van der Waals surface area contributed by atoms with E-state index in [4.69, 9.17) is 0 Å². The third-order valence-corrected chi connectivity index (χ3v) is 2.39. The zero-order valence-corrected chi connectivity index (χ0v) is 7.11. The van der Waals surface area contributed by atoms with Gasteiger partial charge in [-0.1, -0.05) is 6.92 Å². The Balaban J connectivity index is 2.48. The largest absolute Gasteiger partial charge is 0.300 e. The zero-order chi connectivity index (χ0) is 8.48. The van der Waals surface area contributed by atoms with E-state index in [1.54, 1.807) is 0 Å². The van der Waals surface area contributed by atoms with Crippen LogP contribution in [0.25, 0.3) is 0 Å². The van der Waals surface area contributed by atoms with Crippen LogP contribution in [-0.2, 0) is 0 Å². The summed E-state index contributed by atoms with van der Waals surface area (Å²) in [7, 11) is 0. The molecule has 0 aromatic carbocycles. The quantitative estimate of drug-likeness (QED) is 0.572. The molecule has 0 aromatic heterocycles. The predicted octanol–water partition coefficient (Wildman–Crippen LogP) is 2.13. The summed E-state index contributed by atoms with van der Waals surface area (Å²) in [6.45, 7) is 5.32. The first-order valence-electron chi connectivity index (χ1n) is 4.17. The van der Waals surface area contributed by atoms with E-state index >= 15 is 0 Å². The molecule has 11 heavy (non-hydrogen) atoms. The Hall–Kier alpha value is -0.180. The second-order valence-corrected chi connectivity index (χ2v) is 3.29. The summed E-state index contributed by atoms with van der Waals surface area (Å²) in [4.78, 5) is 2.09. The first-order chi connectivity index (χ1) is 5.05. The molecule has 0 saturated carbocycles. The molecule has 1 heterocycles. The lowest BCUT2D eigenvalue weighted by Gasteiger charge is -2.36. The number of nitrogens with zero attached hydrogens (tertiary/aromatic N) is 1. The van der Waals surface area contributed by atoms with Crippen molar-refractivity contribution < 1.29 is 8.78 Å². The molecule has 0 amide bonds. The summed E-state index contributed by atoms with van der Waals surface area (Å²) < 4.78 is 25.5. The first kappa shape index (κ1) is 8.91. The minimum absolute atomic E-state index is 0.0286. The highest BCUT2D eigenvalue weighted by atomic mass is 19.3. The van der Waals surface area contributed by atoms with E-state index in [1.165, 1.54) is 0 Å². The highest BCUT2D eigenvalue weighted by Gasteiger charge is 2.37. The number of piperidine rings is 1. The molecule has 1 aliphatic heterocycles. The van der Waals surface area contributed by atoms with Crippen molar-refractivity contribution in [3.8, 4) is 0 Å². The minimum Gasteiger partial charge on any atom is -0.300 e. The highest BCUT2D eigenvalue weighted by molar-refractivity contribution is 4.82. The Labute approximate surface area is 66.4 Å². The molecule has 0 bridgehead atoms. The second-order valence-electron chi connectivity index (χ2n) is 3.29. The van der Waals surface area contributed by atoms with Gasteiger partial charge >= 0.3 is 0 Å². The van der Waals surface area contributed by atoms with E-state index in [9.17, 15) is 8.78 Å². The number of alkyl halides is 2. The average molecular weight is 163 g/mol. The van der Waals surface area contributed by atoms with E-state index in [0.29, 0.717) is 6.54 Å². The van der Waals surface area contributed by atoms with Crippen LogP contribution in [0.1, 0.15) is 26.7 Å². The standard InChI is InChI=1S/C8H15F2N/c1-3-11-5-4-8(9,10)6-7(11)2/h7H,3-6H2,1-2H3/t7-/m0/s1. The van der Waals surface area contributed by atoms with Crippen molar-refractivity contribution in [3.63, 3.8) is 0 Å². The van der Waals surface area contributed by atoms with E-state index in [1.807, 2.05) is 13.8 Å². The molecule has 1 atom stereocenters. The maximum atomic E-state index is 12.7. The molecule has 0 N–H and O–H groups in total. The fourth-order valence-corrected chi connectivity index (χ4v) is 1.66. The fraction of sp³-hybridized carbons (Fsp3) is 1.00. The number of halogens is 2. The third-order valence-electron chi connectivity index (χ3n) is 2.39. The molecule has 0 aromatic rings. The Morgan fingerprint density at radius 1 is 1.55 bits per heavy atom. The van der Waals surface area contributed by atoms with Crippen LogP contribution >= 0.6 is 0 Å². The van der Waals surface area contributed by atoms with Crippen LogP contribution in [0.5, 0.6) is 0 Å². The van der Waals surface area contributed by atoms with Gasteiger partial charge in [0.2, 0.25) is 0 Å². The van der Waals surface area contributed by atoms with Crippen LogP contribution in [-0.4, -0.2) is 30.0 Å². The predicted molar refractivity (Wildman–Crippen MR) is 40.9 cm³/mol. The summed E-state index contributed by atoms with van der Waals surface area (Å²) in [6, 6.07) is 0.0451. The average Bonchev–Trinajstić information content (AvgIpc) is 1.86. The number of hydrogen-bond acceptors (Lipinski definition) is 1. The molecular formula is C8H15F2N. The van der Waals surface area contributed by atoms with E-state index in [-0.39, 0.29) is 18.9 Å². The van der Waals surface area contributed by atoms with E-state index in [0.717, 1.165) is 6.54 Å². The third kappa shape index (κ3) is 2.12. The van der Waals surface area contributed by atoms with Gasteiger partial charge in [0.05, 0.1) is 0 Å². The summed E-state index contributed by atoms with van der Waals surface area (Å²) in [5.74, 6) is -2.41. The molecule has 66 valence electrons. The summed E-state index contributed by atoms with van der Waals surface area (Å²) in [6.07, 6.45) is 0.0615. The van der Waals surface area contributed by atoms with Gasteiger partial charge < -0.3 is 4.90 Å². The van der Waals surface area contributed by atoms with E-state index in [2.05, 4.69) is 4.90 Å². The molecule has 1 fully saturated rings. The van der Waals surface area contributed by atoms with Gasteiger partial charge in [-0.15, -0.1) is 0 Å². The smallest absolute Gasteiger partial charge is 0.250 e. The number of likely N-dealkylation sites (tertiary alicyclic amines) is 1. The number of rotatable bonds is 1. The Kier molecular flexibility index (Phi) is 2.47. The van der Waals surface area contributed by atoms with Gasteiger partial charge in [0.15, 0.2) is 0 Å². The van der Waals surface area contributed by atoms with Crippen LogP contribution < -0.4 is 0 Å². The monoisotopic (exact) mass is 163 g/mol.